The Morgan fingerprint density at radius 2 is 2.28 bits per heavy atom. The van der Waals surface area contributed by atoms with E-state index in [1.165, 1.54) is 12.1 Å². The summed E-state index contributed by atoms with van der Waals surface area (Å²) in [4.78, 5) is 11.8. The van der Waals surface area contributed by atoms with Gasteiger partial charge in [-0.2, -0.15) is 5.10 Å². The van der Waals surface area contributed by atoms with Crippen molar-refractivity contribution in [1.29, 1.82) is 0 Å². The van der Waals surface area contributed by atoms with Gasteiger partial charge in [0.25, 0.3) is 0 Å². The number of hydrogen-bond acceptors (Lipinski definition) is 4. The highest BCUT2D eigenvalue weighted by atomic mass is 79.9. The molecular weight excluding hydrogens is 316 g/mol. The molecule has 0 unspecified atom stereocenters. The quantitative estimate of drug-likeness (QED) is 0.666. The van der Waals surface area contributed by atoms with Crippen LogP contribution >= 0.6 is 27.3 Å². The molecule has 2 aromatic rings. The van der Waals surface area contributed by atoms with Crippen LogP contribution < -0.4 is 5.43 Å². The van der Waals surface area contributed by atoms with Crippen LogP contribution in [0.5, 0.6) is 0 Å². The van der Waals surface area contributed by atoms with Gasteiger partial charge in [-0.3, -0.25) is 5.43 Å². The highest BCUT2D eigenvalue weighted by molar-refractivity contribution is 9.10. The third-order valence-corrected chi connectivity index (χ3v) is 3.71. The minimum Gasteiger partial charge on any atom is -0.478 e. The molecule has 0 saturated heterocycles. The summed E-state index contributed by atoms with van der Waals surface area (Å²) >= 11 is 4.92. The van der Waals surface area contributed by atoms with Gasteiger partial charge in [0.15, 0.2) is 0 Å². The number of rotatable bonds is 4. The first-order valence-electron chi connectivity index (χ1n) is 5.01. The second-order valence-electron chi connectivity index (χ2n) is 3.42. The number of nitrogens with one attached hydrogen (secondary N) is 1. The van der Waals surface area contributed by atoms with E-state index in [0.29, 0.717) is 5.69 Å². The highest BCUT2D eigenvalue weighted by Crippen LogP contribution is 2.18. The monoisotopic (exact) mass is 324 g/mol. The number of hydrogen-bond donors (Lipinski definition) is 2. The van der Waals surface area contributed by atoms with Crippen molar-refractivity contribution in [1.82, 2.24) is 0 Å². The minimum absolute atomic E-state index is 0.231. The summed E-state index contributed by atoms with van der Waals surface area (Å²) in [6.45, 7) is 0. The lowest BCUT2D eigenvalue weighted by Gasteiger charge is -2.00. The maximum Gasteiger partial charge on any atom is 0.335 e. The van der Waals surface area contributed by atoms with E-state index in [9.17, 15) is 4.79 Å². The molecule has 0 aliphatic carbocycles. The average molecular weight is 325 g/mol. The standard InChI is InChI=1S/C12H9BrN2O2S/c13-9-5-11(18-7-9)6-14-15-10-3-1-2-8(4-10)12(16)17/h1-7,15H,(H,16,17). The van der Waals surface area contributed by atoms with Gasteiger partial charge in [0.2, 0.25) is 0 Å². The minimum atomic E-state index is -0.954. The van der Waals surface area contributed by atoms with Gasteiger partial charge in [-0.25, -0.2) is 4.79 Å². The van der Waals surface area contributed by atoms with Crippen molar-refractivity contribution in [2.24, 2.45) is 5.10 Å². The van der Waals surface area contributed by atoms with E-state index in [2.05, 4.69) is 26.5 Å². The van der Waals surface area contributed by atoms with Crippen LogP contribution in [-0.4, -0.2) is 17.3 Å². The van der Waals surface area contributed by atoms with Crippen molar-refractivity contribution >= 4 is 45.1 Å². The van der Waals surface area contributed by atoms with Crippen LogP contribution in [0.4, 0.5) is 5.69 Å². The summed E-state index contributed by atoms with van der Waals surface area (Å²) in [6, 6.07) is 8.44. The first-order chi connectivity index (χ1) is 8.65. The summed E-state index contributed by atoms with van der Waals surface area (Å²) in [5.41, 5.74) is 3.67. The van der Waals surface area contributed by atoms with Crippen LogP contribution in [0.3, 0.4) is 0 Å². The number of carboxylic acid groups (broad SMARTS) is 1. The Balaban J connectivity index is 2.04. The fraction of sp³-hybridized carbons (Fsp3) is 0. The van der Waals surface area contributed by atoms with Crippen LogP contribution in [0.2, 0.25) is 0 Å². The van der Waals surface area contributed by atoms with Crippen LogP contribution in [-0.2, 0) is 0 Å². The molecule has 1 aromatic heterocycles. The van der Waals surface area contributed by atoms with Gasteiger partial charge < -0.3 is 5.11 Å². The summed E-state index contributed by atoms with van der Waals surface area (Å²) in [5, 5.41) is 14.9. The molecule has 0 spiro atoms. The molecule has 6 heteroatoms. The average Bonchev–Trinajstić information content (AvgIpc) is 2.75. The molecule has 0 amide bonds. The van der Waals surface area contributed by atoms with Crippen molar-refractivity contribution in [2.45, 2.75) is 0 Å². The number of anilines is 1. The molecule has 0 fully saturated rings. The predicted molar refractivity (Wildman–Crippen MR) is 76.6 cm³/mol. The fourth-order valence-electron chi connectivity index (χ4n) is 1.29. The van der Waals surface area contributed by atoms with Gasteiger partial charge in [0, 0.05) is 14.7 Å². The topological polar surface area (TPSA) is 61.7 Å². The van der Waals surface area contributed by atoms with E-state index in [1.54, 1.807) is 29.7 Å². The second kappa shape index (κ2) is 5.79. The summed E-state index contributed by atoms with van der Waals surface area (Å²) in [6.07, 6.45) is 1.68. The largest absolute Gasteiger partial charge is 0.478 e. The van der Waals surface area contributed by atoms with Gasteiger partial charge in [-0.15, -0.1) is 11.3 Å². The normalized spacial score (nSPS) is 10.7. The van der Waals surface area contributed by atoms with Gasteiger partial charge in [0.05, 0.1) is 17.5 Å². The van der Waals surface area contributed by atoms with Crippen LogP contribution in [0.1, 0.15) is 15.2 Å². The Morgan fingerprint density at radius 1 is 1.44 bits per heavy atom. The highest BCUT2D eigenvalue weighted by Gasteiger charge is 2.02. The molecular formula is C12H9BrN2O2S. The van der Waals surface area contributed by atoms with E-state index in [4.69, 9.17) is 5.11 Å². The molecule has 2 rings (SSSR count). The molecule has 1 aromatic carbocycles. The molecule has 18 heavy (non-hydrogen) atoms. The van der Waals surface area contributed by atoms with Crippen molar-refractivity contribution in [3.8, 4) is 0 Å². The molecule has 1 heterocycles. The maximum atomic E-state index is 10.8. The Kier molecular flexibility index (Phi) is 4.11. The number of carboxylic acids is 1. The maximum absolute atomic E-state index is 10.8. The number of thiophene rings is 1. The lowest BCUT2D eigenvalue weighted by atomic mass is 10.2. The van der Waals surface area contributed by atoms with E-state index in [1.807, 2.05) is 11.4 Å². The SMILES string of the molecule is O=C(O)c1cccc(NN=Cc2cc(Br)cs2)c1. The molecule has 0 bridgehead atoms. The Morgan fingerprint density at radius 3 is 2.94 bits per heavy atom. The predicted octanol–water partition coefficient (Wildman–Crippen LogP) is 3.65. The Hall–Kier alpha value is -1.66. The zero-order chi connectivity index (χ0) is 13.0. The lowest BCUT2D eigenvalue weighted by molar-refractivity contribution is 0.0697. The molecule has 4 nitrogen and oxygen atoms in total. The third kappa shape index (κ3) is 3.41. The van der Waals surface area contributed by atoms with Gasteiger partial charge in [0.1, 0.15) is 0 Å². The first kappa shape index (κ1) is 12.8. The number of aromatic carboxylic acids is 1. The molecule has 2 N–H and O–H groups in total. The first-order valence-corrected chi connectivity index (χ1v) is 6.69. The molecule has 0 radical (unpaired) electrons. The number of benzene rings is 1. The van der Waals surface area contributed by atoms with Gasteiger partial charge in [-0.1, -0.05) is 6.07 Å². The van der Waals surface area contributed by atoms with Gasteiger partial charge >= 0.3 is 5.97 Å². The number of hydrazone groups is 1. The Labute approximate surface area is 116 Å². The molecule has 0 atom stereocenters. The molecule has 0 aliphatic heterocycles. The van der Waals surface area contributed by atoms with Crippen molar-refractivity contribution in [3.63, 3.8) is 0 Å². The fourth-order valence-corrected chi connectivity index (χ4v) is 2.59. The summed E-state index contributed by atoms with van der Waals surface area (Å²) in [7, 11) is 0. The smallest absolute Gasteiger partial charge is 0.335 e. The van der Waals surface area contributed by atoms with E-state index in [-0.39, 0.29) is 5.56 Å². The summed E-state index contributed by atoms with van der Waals surface area (Å²) < 4.78 is 1.02. The summed E-state index contributed by atoms with van der Waals surface area (Å²) in [5.74, 6) is -0.954. The van der Waals surface area contributed by atoms with Crippen LogP contribution in [0.15, 0.2) is 45.3 Å². The van der Waals surface area contributed by atoms with Crippen molar-refractivity contribution < 1.29 is 9.90 Å². The molecule has 0 saturated carbocycles. The van der Waals surface area contributed by atoms with Gasteiger partial charge in [-0.05, 0) is 40.2 Å². The van der Waals surface area contributed by atoms with Crippen LogP contribution in [0, 0.1) is 0 Å². The number of carbonyl (C=O) groups is 1. The van der Waals surface area contributed by atoms with Crippen molar-refractivity contribution in [3.05, 3.63) is 50.6 Å². The van der Waals surface area contributed by atoms with E-state index < -0.39 is 5.97 Å². The van der Waals surface area contributed by atoms with E-state index in [0.717, 1.165) is 9.35 Å². The number of nitrogens with zero attached hydrogens (tertiary/aromatic N) is 1. The molecule has 92 valence electrons. The Bertz CT molecular complexity index is 595. The lowest BCUT2D eigenvalue weighted by Crippen LogP contribution is -1.97. The number of halogens is 1. The zero-order valence-electron chi connectivity index (χ0n) is 9.13. The van der Waals surface area contributed by atoms with Crippen molar-refractivity contribution in [2.75, 3.05) is 5.43 Å². The zero-order valence-corrected chi connectivity index (χ0v) is 11.5. The van der Waals surface area contributed by atoms with E-state index >= 15 is 0 Å². The van der Waals surface area contributed by atoms with Crippen LogP contribution in [0.25, 0.3) is 0 Å². The third-order valence-electron chi connectivity index (χ3n) is 2.08. The molecule has 0 aliphatic rings. The second-order valence-corrected chi connectivity index (χ2v) is 5.28.